The second-order valence-corrected chi connectivity index (χ2v) is 16.1. The molecule has 0 saturated carbocycles. The van der Waals surface area contributed by atoms with E-state index in [9.17, 15) is 0 Å². The van der Waals surface area contributed by atoms with Gasteiger partial charge in [-0.05, 0) is 124 Å². The van der Waals surface area contributed by atoms with Crippen LogP contribution in [0.15, 0.2) is 85.5 Å². The average molecular weight is 821 g/mol. The Bertz CT molecular complexity index is 1510. The third-order valence-corrected chi connectivity index (χ3v) is 10.8. The second kappa shape index (κ2) is 32.6. The third kappa shape index (κ3) is 21.9. The molecular weight excluding hydrogens is 745 g/mol. The lowest BCUT2D eigenvalue weighted by atomic mass is 10.1. The number of hydrogen-bond donors (Lipinski definition) is 0. The Morgan fingerprint density at radius 2 is 0.717 bits per heavy atom. The van der Waals surface area contributed by atoms with Crippen molar-refractivity contribution in [3.8, 4) is 34.3 Å². The number of rotatable bonds is 36. The van der Waals surface area contributed by atoms with Crippen LogP contribution in [0.1, 0.15) is 153 Å². The van der Waals surface area contributed by atoms with Crippen LogP contribution in [0.2, 0.25) is 0 Å². The summed E-state index contributed by atoms with van der Waals surface area (Å²) in [4.78, 5) is 18.4. The fourth-order valence-corrected chi connectivity index (χ4v) is 7.02. The number of nitrogens with zero attached hydrogens (tertiary/aromatic N) is 4. The molecule has 328 valence electrons. The van der Waals surface area contributed by atoms with E-state index in [1.807, 2.05) is 73.3 Å². The standard InChI is InChI=1S/C52H76N4O4/c1-3-5-7-9-11-17-25-45-41-53-51(54-42-45)47-27-31-49(32-28-47)59-39-21-15-13-19-35-57-37-23-24-38-58-36-20-14-16-22-40-60-50-33-29-48(30-34-50)52-55-43-46(44-56-52)26-18-12-10-8-6-4-2/h23-24,27-34,41-44H,3-22,25-26,35-40H2,1-2H3/b24-23+. The van der Waals surface area contributed by atoms with Gasteiger partial charge >= 0.3 is 0 Å². The molecule has 4 rings (SSSR count). The van der Waals surface area contributed by atoms with E-state index >= 15 is 0 Å². The van der Waals surface area contributed by atoms with Crippen LogP contribution in [-0.2, 0) is 22.3 Å². The third-order valence-electron chi connectivity index (χ3n) is 10.8. The van der Waals surface area contributed by atoms with Crippen LogP contribution in [0.3, 0.4) is 0 Å². The van der Waals surface area contributed by atoms with Crippen molar-refractivity contribution in [1.82, 2.24) is 19.9 Å². The summed E-state index contributed by atoms with van der Waals surface area (Å²) >= 11 is 0. The predicted molar refractivity (Wildman–Crippen MR) is 248 cm³/mol. The zero-order chi connectivity index (χ0) is 42.0. The van der Waals surface area contributed by atoms with Crippen LogP contribution >= 0.6 is 0 Å². The maximum atomic E-state index is 5.97. The zero-order valence-corrected chi connectivity index (χ0v) is 37.3. The molecule has 8 nitrogen and oxygen atoms in total. The minimum Gasteiger partial charge on any atom is -0.494 e. The van der Waals surface area contributed by atoms with Gasteiger partial charge in [-0.3, -0.25) is 0 Å². The highest BCUT2D eigenvalue weighted by molar-refractivity contribution is 5.56. The monoisotopic (exact) mass is 821 g/mol. The van der Waals surface area contributed by atoms with E-state index in [-0.39, 0.29) is 0 Å². The molecular formula is C52H76N4O4. The average Bonchev–Trinajstić information content (AvgIpc) is 3.29. The van der Waals surface area contributed by atoms with Gasteiger partial charge in [0, 0.05) is 49.1 Å². The van der Waals surface area contributed by atoms with Gasteiger partial charge in [-0.15, -0.1) is 0 Å². The van der Waals surface area contributed by atoms with Crippen LogP contribution in [0.25, 0.3) is 22.8 Å². The predicted octanol–water partition coefficient (Wildman–Crippen LogP) is 13.6. The molecule has 0 atom stereocenters. The summed E-state index contributed by atoms with van der Waals surface area (Å²) in [5.74, 6) is 3.32. The van der Waals surface area contributed by atoms with Crippen molar-refractivity contribution in [2.75, 3.05) is 39.6 Å². The lowest BCUT2D eigenvalue weighted by Gasteiger charge is -2.08. The molecule has 2 heterocycles. The fourth-order valence-electron chi connectivity index (χ4n) is 7.02. The minimum absolute atomic E-state index is 0.639. The summed E-state index contributed by atoms with van der Waals surface area (Å²) in [5, 5.41) is 0. The van der Waals surface area contributed by atoms with Crippen LogP contribution in [0.4, 0.5) is 0 Å². The van der Waals surface area contributed by atoms with E-state index in [0.717, 1.165) is 125 Å². The number of aromatic nitrogens is 4. The molecule has 8 heteroatoms. The largest absolute Gasteiger partial charge is 0.494 e. The van der Waals surface area contributed by atoms with Gasteiger partial charge in [0.15, 0.2) is 11.6 Å². The minimum atomic E-state index is 0.639. The van der Waals surface area contributed by atoms with Gasteiger partial charge < -0.3 is 18.9 Å². The van der Waals surface area contributed by atoms with E-state index in [4.69, 9.17) is 18.9 Å². The van der Waals surface area contributed by atoms with Crippen molar-refractivity contribution in [2.24, 2.45) is 0 Å². The lowest BCUT2D eigenvalue weighted by molar-refractivity contribution is 0.148. The Balaban J connectivity index is 0.889. The van der Waals surface area contributed by atoms with E-state index in [1.54, 1.807) is 0 Å². The maximum absolute atomic E-state index is 5.97. The number of ether oxygens (including phenoxy) is 4. The Labute approximate surface area is 363 Å². The Morgan fingerprint density at radius 1 is 0.383 bits per heavy atom. The van der Waals surface area contributed by atoms with Gasteiger partial charge in [-0.1, -0.05) is 103 Å². The number of hydrogen-bond acceptors (Lipinski definition) is 8. The van der Waals surface area contributed by atoms with Crippen molar-refractivity contribution in [3.05, 3.63) is 96.6 Å². The molecule has 0 aliphatic carbocycles. The maximum Gasteiger partial charge on any atom is 0.159 e. The molecule has 0 amide bonds. The number of aryl methyl sites for hydroxylation is 2. The second-order valence-electron chi connectivity index (χ2n) is 16.1. The number of unbranched alkanes of at least 4 members (excludes halogenated alkanes) is 16. The molecule has 0 saturated heterocycles. The van der Waals surface area contributed by atoms with E-state index < -0.39 is 0 Å². The van der Waals surface area contributed by atoms with E-state index in [2.05, 4.69) is 45.9 Å². The molecule has 0 aliphatic rings. The van der Waals surface area contributed by atoms with E-state index in [0.29, 0.717) is 13.2 Å². The van der Waals surface area contributed by atoms with Crippen molar-refractivity contribution in [3.63, 3.8) is 0 Å². The highest BCUT2D eigenvalue weighted by Gasteiger charge is 2.05. The topological polar surface area (TPSA) is 88.5 Å². The first kappa shape index (κ1) is 48.5. The molecule has 0 radical (unpaired) electrons. The molecule has 60 heavy (non-hydrogen) atoms. The molecule has 0 aliphatic heterocycles. The molecule has 0 fully saturated rings. The van der Waals surface area contributed by atoms with Gasteiger partial charge in [-0.25, -0.2) is 19.9 Å². The van der Waals surface area contributed by atoms with Crippen molar-refractivity contribution in [2.45, 2.75) is 155 Å². The fraction of sp³-hybridized carbons (Fsp3) is 0.577. The smallest absolute Gasteiger partial charge is 0.159 e. The van der Waals surface area contributed by atoms with Gasteiger partial charge in [-0.2, -0.15) is 0 Å². The first-order chi connectivity index (χ1) is 29.7. The summed E-state index contributed by atoms with van der Waals surface area (Å²) in [6.45, 7) is 8.82. The zero-order valence-electron chi connectivity index (χ0n) is 37.3. The Morgan fingerprint density at radius 3 is 1.10 bits per heavy atom. The molecule has 0 spiro atoms. The first-order valence-electron chi connectivity index (χ1n) is 23.6. The van der Waals surface area contributed by atoms with Gasteiger partial charge in [0.05, 0.1) is 26.4 Å². The molecule has 4 aromatic rings. The summed E-state index contributed by atoms with van der Waals surface area (Å²) in [5.41, 5.74) is 4.48. The molecule has 0 N–H and O–H groups in total. The van der Waals surface area contributed by atoms with Crippen LogP contribution < -0.4 is 9.47 Å². The molecule has 0 unspecified atom stereocenters. The quantitative estimate of drug-likeness (QED) is 0.0331. The Kier molecular flexibility index (Phi) is 26.4. The summed E-state index contributed by atoms with van der Waals surface area (Å²) in [6.07, 6.45) is 38.6. The Hall–Kier alpha value is -4.14. The van der Waals surface area contributed by atoms with Crippen LogP contribution in [-0.4, -0.2) is 59.6 Å². The summed E-state index contributed by atoms with van der Waals surface area (Å²) in [6, 6.07) is 16.2. The highest BCUT2D eigenvalue weighted by atomic mass is 16.5. The first-order valence-corrected chi connectivity index (χ1v) is 23.6. The van der Waals surface area contributed by atoms with E-state index in [1.165, 1.54) is 88.2 Å². The van der Waals surface area contributed by atoms with Gasteiger partial charge in [0.25, 0.3) is 0 Å². The summed E-state index contributed by atoms with van der Waals surface area (Å²) < 4.78 is 23.5. The molecule has 0 bridgehead atoms. The number of benzene rings is 2. The normalized spacial score (nSPS) is 11.4. The van der Waals surface area contributed by atoms with Crippen molar-refractivity contribution >= 4 is 0 Å². The lowest BCUT2D eigenvalue weighted by Crippen LogP contribution is -1.99. The molecule has 2 aromatic carbocycles. The van der Waals surface area contributed by atoms with Crippen molar-refractivity contribution < 1.29 is 18.9 Å². The highest BCUT2D eigenvalue weighted by Crippen LogP contribution is 2.22. The van der Waals surface area contributed by atoms with Crippen LogP contribution in [0.5, 0.6) is 11.5 Å². The van der Waals surface area contributed by atoms with Gasteiger partial charge in [0.1, 0.15) is 11.5 Å². The summed E-state index contributed by atoms with van der Waals surface area (Å²) in [7, 11) is 0. The van der Waals surface area contributed by atoms with Gasteiger partial charge in [0.2, 0.25) is 0 Å². The SMILES string of the molecule is CCCCCCCCc1cnc(-c2ccc(OCCCCCCOC/C=C/COCCCCCCOc3ccc(-c4ncc(CCCCCCCC)cn4)cc3)cc2)nc1. The molecule has 2 aromatic heterocycles. The van der Waals surface area contributed by atoms with Crippen LogP contribution in [0, 0.1) is 0 Å². The van der Waals surface area contributed by atoms with Crippen molar-refractivity contribution in [1.29, 1.82) is 0 Å².